The predicted octanol–water partition coefficient (Wildman–Crippen LogP) is 3.23. The molecule has 1 saturated heterocycles. The number of benzene rings is 1. The van der Waals surface area contributed by atoms with Gasteiger partial charge in [-0.1, -0.05) is 12.5 Å². The first-order valence-corrected chi connectivity index (χ1v) is 7.27. The third kappa shape index (κ3) is 4.25. The van der Waals surface area contributed by atoms with E-state index in [0.717, 1.165) is 30.3 Å². The summed E-state index contributed by atoms with van der Waals surface area (Å²) in [5.74, 6) is 0. The van der Waals surface area contributed by atoms with Crippen LogP contribution in [-0.2, 0) is 0 Å². The lowest BCUT2D eigenvalue weighted by atomic mass is 10.0. The number of anilines is 1. The average molecular weight is 257 g/mol. The van der Waals surface area contributed by atoms with Crippen molar-refractivity contribution in [3.8, 4) is 6.07 Å². The van der Waals surface area contributed by atoms with Crippen LogP contribution >= 0.6 is 0 Å². The molecule has 0 bridgehead atoms. The van der Waals surface area contributed by atoms with Crippen molar-refractivity contribution in [2.24, 2.45) is 0 Å². The normalized spacial score (nSPS) is 19.9. The number of likely N-dealkylation sites (tertiary alicyclic amines) is 1. The Balaban J connectivity index is 1.70. The van der Waals surface area contributed by atoms with Gasteiger partial charge >= 0.3 is 0 Å². The first kappa shape index (κ1) is 13.9. The summed E-state index contributed by atoms with van der Waals surface area (Å²) in [4.78, 5) is 2.59. The van der Waals surface area contributed by atoms with Crippen molar-refractivity contribution in [1.29, 1.82) is 5.26 Å². The van der Waals surface area contributed by atoms with Gasteiger partial charge in [0.05, 0.1) is 11.6 Å². The summed E-state index contributed by atoms with van der Waals surface area (Å²) in [5.41, 5.74) is 1.76. The Morgan fingerprint density at radius 1 is 1.42 bits per heavy atom. The summed E-state index contributed by atoms with van der Waals surface area (Å²) in [6.07, 6.45) is 5.23. The fourth-order valence-corrected chi connectivity index (χ4v) is 2.70. The summed E-state index contributed by atoms with van der Waals surface area (Å²) >= 11 is 0. The molecule has 0 aliphatic carbocycles. The van der Waals surface area contributed by atoms with Gasteiger partial charge < -0.3 is 10.2 Å². The molecule has 1 atom stereocenters. The first-order chi connectivity index (χ1) is 9.29. The Bertz CT molecular complexity index is 436. The molecule has 0 saturated carbocycles. The zero-order valence-electron chi connectivity index (χ0n) is 11.7. The second kappa shape index (κ2) is 7.16. The van der Waals surface area contributed by atoms with E-state index < -0.39 is 0 Å². The third-order valence-electron chi connectivity index (χ3n) is 3.88. The number of nitrogens with one attached hydrogen (secondary N) is 1. The largest absolute Gasteiger partial charge is 0.385 e. The van der Waals surface area contributed by atoms with E-state index in [-0.39, 0.29) is 0 Å². The second-order valence-electron chi connectivity index (χ2n) is 5.35. The zero-order valence-corrected chi connectivity index (χ0v) is 11.7. The lowest BCUT2D eigenvalue weighted by Gasteiger charge is -2.33. The molecule has 1 fully saturated rings. The molecule has 1 heterocycles. The third-order valence-corrected chi connectivity index (χ3v) is 3.88. The predicted molar refractivity (Wildman–Crippen MR) is 79.1 cm³/mol. The monoisotopic (exact) mass is 257 g/mol. The number of nitriles is 1. The van der Waals surface area contributed by atoms with Crippen LogP contribution in [-0.4, -0.2) is 30.6 Å². The van der Waals surface area contributed by atoms with Crippen LogP contribution in [0, 0.1) is 11.3 Å². The summed E-state index contributed by atoms with van der Waals surface area (Å²) in [7, 11) is 0. The Morgan fingerprint density at radius 3 is 3.11 bits per heavy atom. The van der Waals surface area contributed by atoms with Gasteiger partial charge in [0, 0.05) is 24.8 Å². The molecule has 0 spiro atoms. The molecule has 1 aromatic carbocycles. The number of hydrogen-bond acceptors (Lipinski definition) is 3. The Labute approximate surface area is 116 Å². The molecule has 1 aliphatic rings. The fourth-order valence-electron chi connectivity index (χ4n) is 2.70. The maximum Gasteiger partial charge on any atom is 0.0992 e. The van der Waals surface area contributed by atoms with Gasteiger partial charge in [-0.15, -0.1) is 0 Å². The SMILES string of the molecule is CC1CCCCN1CCCNc1cccc(C#N)c1. The summed E-state index contributed by atoms with van der Waals surface area (Å²) in [6.45, 7) is 5.73. The maximum absolute atomic E-state index is 8.85. The fraction of sp³-hybridized carbons (Fsp3) is 0.562. The van der Waals surface area contributed by atoms with Gasteiger partial charge in [0.2, 0.25) is 0 Å². The molecule has 0 aromatic heterocycles. The van der Waals surface area contributed by atoms with E-state index in [1.165, 1.54) is 32.4 Å². The van der Waals surface area contributed by atoms with Crippen molar-refractivity contribution in [1.82, 2.24) is 4.90 Å². The van der Waals surface area contributed by atoms with Crippen molar-refractivity contribution < 1.29 is 0 Å². The van der Waals surface area contributed by atoms with Gasteiger partial charge in [-0.3, -0.25) is 0 Å². The second-order valence-corrected chi connectivity index (χ2v) is 5.35. The molecular formula is C16H23N3. The van der Waals surface area contributed by atoms with E-state index in [1.807, 2.05) is 24.3 Å². The van der Waals surface area contributed by atoms with Crippen LogP contribution in [0.3, 0.4) is 0 Å². The van der Waals surface area contributed by atoms with Crippen LogP contribution in [0.15, 0.2) is 24.3 Å². The van der Waals surface area contributed by atoms with Gasteiger partial charge in [-0.25, -0.2) is 0 Å². The van der Waals surface area contributed by atoms with Crippen LogP contribution in [0.5, 0.6) is 0 Å². The standard InChI is InChI=1S/C16H23N3/c1-14-6-2-3-10-19(14)11-5-9-18-16-8-4-7-15(12-16)13-17/h4,7-8,12,14,18H,2-3,5-6,9-11H2,1H3. The highest BCUT2D eigenvalue weighted by Crippen LogP contribution is 2.16. The number of piperidine rings is 1. The molecular weight excluding hydrogens is 234 g/mol. The molecule has 0 amide bonds. The average Bonchev–Trinajstić information content (AvgIpc) is 2.45. The molecule has 102 valence electrons. The highest BCUT2D eigenvalue weighted by Gasteiger charge is 2.16. The first-order valence-electron chi connectivity index (χ1n) is 7.27. The number of nitrogens with zero attached hydrogens (tertiary/aromatic N) is 2. The molecule has 1 aliphatic heterocycles. The quantitative estimate of drug-likeness (QED) is 0.823. The smallest absolute Gasteiger partial charge is 0.0992 e. The maximum atomic E-state index is 8.85. The van der Waals surface area contributed by atoms with Crippen molar-refractivity contribution >= 4 is 5.69 Å². The molecule has 0 radical (unpaired) electrons. The van der Waals surface area contributed by atoms with Crippen molar-refractivity contribution in [2.45, 2.75) is 38.6 Å². The van der Waals surface area contributed by atoms with E-state index in [0.29, 0.717) is 0 Å². The molecule has 2 rings (SSSR count). The van der Waals surface area contributed by atoms with Gasteiger partial charge in [-0.2, -0.15) is 5.26 Å². The minimum Gasteiger partial charge on any atom is -0.385 e. The van der Waals surface area contributed by atoms with Gasteiger partial charge in [0.1, 0.15) is 0 Å². The van der Waals surface area contributed by atoms with Crippen LogP contribution in [0.2, 0.25) is 0 Å². The van der Waals surface area contributed by atoms with Gasteiger partial charge in [0.25, 0.3) is 0 Å². The topological polar surface area (TPSA) is 39.1 Å². The Morgan fingerprint density at radius 2 is 2.32 bits per heavy atom. The highest BCUT2D eigenvalue weighted by atomic mass is 15.2. The number of hydrogen-bond donors (Lipinski definition) is 1. The van der Waals surface area contributed by atoms with E-state index in [4.69, 9.17) is 5.26 Å². The van der Waals surface area contributed by atoms with E-state index in [9.17, 15) is 0 Å². The van der Waals surface area contributed by atoms with Gasteiger partial charge in [-0.05, 0) is 50.9 Å². The zero-order chi connectivity index (χ0) is 13.5. The minimum atomic E-state index is 0.717. The Kier molecular flexibility index (Phi) is 5.23. The van der Waals surface area contributed by atoms with Crippen LogP contribution in [0.25, 0.3) is 0 Å². The molecule has 19 heavy (non-hydrogen) atoms. The number of rotatable bonds is 5. The van der Waals surface area contributed by atoms with Crippen LogP contribution in [0.4, 0.5) is 5.69 Å². The van der Waals surface area contributed by atoms with E-state index in [1.54, 1.807) is 0 Å². The minimum absolute atomic E-state index is 0.717. The molecule has 3 nitrogen and oxygen atoms in total. The van der Waals surface area contributed by atoms with E-state index >= 15 is 0 Å². The highest BCUT2D eigenvalue weighted by molar-refractivity contribution is 5.48. The lowest BCUT2D eigenvalue weighted by molar-refractivity contribution is 0.160. The summed E-state index contributed by atoms with van der Waals surface area (Å²) < 4.78 is 0. The van der Waals surface area contributed by atoms with Crippen molar-refractivity contribution in [2.75, 3.05) is 25.0 Å². The Hall–Kier alpha value is -1.53. The summed E-state index contributed by atoms with van der Waals surface area (Å²) in [5, 5.41) is 12.2. The van der Waals surface area contributed by atoms with Crippen molar-refractivity contribution in [3.05, 3.63) is 29.8 Å². The molecule has 1 aromatic rings. The lowest BCUT2D eigenvalue weighted by Crippen LogP contribution is -2.38. The van der Waals surface area contributed by atoms with Gasteiger partial charge in [0.15, 0.2) is 0 Å². The molecule has 1 unspecified atom stereocenters. The van der Waals surface area contributed by atoms with Crippen molar-refractivity contribution in [3.63, 3.8) is 0 Å². The molecule has 1 N–H and O–H groups in total. The van der Waals surface area contributed by atoms with Crippen LogP contribution in [0.1, 0.15) is 38.2 Å². The van der Waals surface area contributed by atoms with E-state index in [2.05, 4.69) is 23.2 Å². The molecule has 3 heteroatoms. The summed E-state index contributed by atoms with van der Waals surface area (Å²) in [6, 6.07) is 10.6. The van der Waals surface area contributed by atoms with Crippen LogP contribution < -0.4 is 5.32 Å².